The molecule has 0 saturated heterocycles. The lowest BCUT2D eigenvalue weighted by molar-refractivity contribution is -0.147. The van der Waals surface area contributed by atoms with Gasteiger partial charge in [-0.25, -0.2) is 0 Å². The molecule has 1 aliphatic rings. The van der Waals surface area contributed by atoms with Crippen LogP contribution < -0.4 is 0 Å². The monoisotopic (exact) mass is 402 g/mol. The van der Waals surface area contributed by atoms with Crippen molar-refractivity contribution in [2.24, 2.45) is 5.41 Å². The molecule has 0 aliphatic heterocycles. The number of carboxylic acid groups (broad SMARTS) is 1. The Kier molecular flexibility index (Phi) is 8.30. The zero-order chi connectivity index (χ0) is 21.5. The number of rotatable bonds is 14. The Bertz CT molecular complexity index is 701. The maximum absolute atomic E-state index is 11.2. The van der Waals surface area contributed by atoms with Gasteiger partial charge in [-0.1, -0.05) is 25.0 Å². The minimum absolute atomic E-state index is 0.129. The zero-order valence-corrected chi connectivity index (χ0v) is 18.7. The summed E-state index contributed by atoms with van der Waals surface area (Å²) in [6, 6.07) is 4.68. The summed E-state index contributed by atoms with van der Waals surface area (Å²) >= 11 is 0. The van der Waals surface area contributed by atoms with Crippen LogP contribution in [0.2, 0.25) is 0 Å². The predicted molar refractivity (Wildman–Crippen MR) is 116 cm³/mol. The van der Waals surface area contributed by atoms with Crippen LogP contribution in [0.5, 0.6) is 0 Å². The maximum atomic E-state index is 11.2. The van der Waals surface area contributed by atoms with Gasteiger partial charge in [-0.15, -0.1) is 0 Å². The van der Waals surface area contributed by atoms with Gasteiger partial charge < -0.3 is 9.84 Å². The maximum Gasteiger partial charge on any atom is 0.309 e. The molecule has 1 fully saturated rings. The van der Waals surface area contributed by atoms with Crippen LogP contribution in [-0.4, -0.2) is 23.1 Å². The van der Waals surface area contributed by atoms with E-state index in [9.17, 15) is 14.7 Å². The number of carbonyl (C=O) groups is 2. The Balaban J connectivity index is 1.74. The topological polar surface area (TPSA) is 63.6 Å². The number of ether oxygens (including phenoxy) is 1. The van der Waals surface area contributed by atoms with Crippen LogP contribution in [0, 0.1) is 19.3 Å². The molecule has 1 N–H and O–H groups in total. The van der Waals surface area contributed by atoms with Crippen molar-refractivity contribution in [2.75, 3.05) is 0 Å². The van der Waals surface area contributed by atoms with Crippen molar-refractivity contribution < 1.29 is 19.4 Å². The summed E-state index contributed by atoms with van der Waals surface area (Å²) in [5, 5.41) is 9.19. The van der Waals surface area contributed by atoms with Crippen molar-refractivity contribution in [2.45, 2.75) is 104 Å². The summed E-state index contributed by atoms with van der Waals surface area (Å²) in [6.07, 6.45) is 11.3. The number of hydrogen-bond acceptors (Lipinski definition) is 3. The minimum Gasteiger partial charge on any atom is -0.481 e. The second-order valence-electron chi connectivity index (χ2n) is 9.56. The second-order valence-corrected chi connectivity index (χ2v) is 9.56. The quantitative estimate of drug-likeness (QED) is 0.309. The Morgan fingerprint density at radius 2 is 1.59 bits per heavy atom. The van der Waals surface area contributed by atoms with Crippen molar-refractivity contribution in [3.8, 4) is 0 Å². The number of aryl methyl sites for hydroxylation is 4. The Labute approximate surface area is 176 Å². The van der Waals surface area contributed by atoms with Crippen LogP contribution >= 0.6 is 0 Å². The summed E-state index contributed by atoms with van der Waals surface area (Å²) in [4.78, 5) is 21.7. The third-order valence-electron chi connectivity index (χ3n) is 6.56. The van der Waals surface area contributed by atoms with Crippen molar-refractivity contribution >= 4 is 12.4 Å². The molecule has 0 aromatic heterocycles. The van der Waals surface area contributed by atoms with Gasteiger partial charge in [0.1, 0.15) is 5.60 Å². The Morgan fingerprint density at radius 3 is 2.07 bits per heavy atom. The molecule has 4 heteroatoms. The third kappa shape index (κ3) is 7.17. The Morgan fingerprint density at radius 1 is 1.03 bits per heavy atom. The van der Waals surface area contributed by atoms with Crippen LogP contribution in [0.15, 0.2) is 12.1 Å². The van der Waals surface area contributed by atoms with E-state index in [4.69, 9.17) is 4.74 Å². The van der Waals surface area contributed by atoms with Crippen LogP contribution in [0.25, 0.3) is 0 Å². The largest absolute Gasteiger partial charge is 0.481 e. The number of carboxylic acids is 1. The molecule has 0 unspecified atom stereocenters. The van der Waals surface area contributed by atoms with Crippen molar-refractivity contribution in [1.29, 1.82) is 0 Å². The lowest BCUT2D eigenvalue weighted by Gasteiger charge is -2.18. The summed E-state index contributed by atoms with van der Waals surface area (Å²) in [5.74, 6) is -0.705. The molecule has 0 heterocycles. The van der Waals surface area contributed by atoms with E-state index in [1.165, 1.54) is 22.3 Å². The number of aliphatic carboxylic acids is 1. The van der Waals surface area contributed by atoms with Crippen molar-refractivity contribution in [1.82, 2.24) is 0 Å². The highest BCUT2D eigenvalue weighted by atomic mass is 16.5. The fourth-order valence-corrected chi connectivity index (χ4v) is 4.07. The smallest absolute Gasteiger partial charge is 0.309 e. The molecular formula is C25H38O4. The van der Waals surface area contributed by atoms with Gasteiger partial charge in [-0.2, -0.15) is 0 Å². The van der Waals surface area contributed by atoms with Gasteiger partial charge in [0, 0.05) is 0 Å². The van der Waals surface area contributed by atoms with E-state index in [0.717, 1.165) is 70.6 Å². The Hall–Kier alpha value is -1.84. The highest BCUT2D eigenvalue weighted by Gasteiger charge is 2.44. The third-order valence-corrected chi connectivity index (χ3v) is 6.56. The van der Waals surface area contributed by atoms with Gasteiger partial charge in [0.2, 0.25) is 0 Å². The van der Waals surface area contributed by atoms with Crippen LogP contribution in [0.3, 0.4) is 0 Å². The van der Waals surface area contributed by atoms with Gasteiger partial charge in [0.25, 0.3) is 6.47 Å². The number of benzene rings is 1. The van der Waals surface area contributed by atoms with Crippen LogP contribution in [0.1, 0.15) is 93.9 Å². The molecule has 162 valence electrons. The zero-order valence-electron chi connectivity index (χ0n) is 18.7. The number of hydrogen-bond donors (Lipinski definition) is 1. The van der Waals surface area contributed by atoms with E-state index in [1.54, 1.807) is 13.8 Å². The molecule has 2 rings (SSSR count). The molecule has 0 bridgehead atoms. The molecular weight excluding hydrogens is 364 g/mol. The molecule has 1 saturated carbocycles. The van der Waals surface area contributed by atoms with E-state index in [0.29, 0.717) is 6.47 Å². The first-order valence-corrected chi connectivity index (χ1v) is 11.1. The standard InChI is InChI=1S/C25H38O4/c1-19-17-22(11-7-9-13-25(14-15-25)29-18-26)20(2)16-21(19)10-6-5-8-12-24(3,4)23(27)28/h16-18H,5-15H2,1-4H3,(H,27,28). The molecule has 1 aliphatic carbocycles. The first-order chi connectivity index (χ1) is 13.7. The SMILES string of the molecule is Cc1cc(CCCCC2(OC=O)CC2)c(C)cc1CCCCCC(C)(C)C(=O)O. The van der Waals surface area contributed by atoms with Gasteiger partial charge in [-0.05, 0) is 108 Å². The van der Waals surface area contributed by atoms with E-state index in [1.807, 2.05) is 0 Å². The van der Waals surface area contributed by atoms with Crippen LogP contribution in [0.4, 0.5) is 0 Å². The molecule has 0 amide bonds. The van der Waals surface area contributed by atoms with Crippen LogP contribution in [-0.2, 0) is 27.2 Å². The summed E-state index contributed by atoms with van der Waals surface area (Å²) < 4.78 is 5.23. The molecule has 0 spiro atoms. The second kappa shape index (κ2) is 10.3. The molecule has 0 atom stereocenters. The van der Waals surface area contributed by atoms with Gasteiger partial charge in [0.05, 0.1) is 5.41 Å². The fourth-order valence-electron chi connectivity index (χ4n) is 4.07. The van der Waals surface area contributed by atoms with Crippen molar-refractivity contribution in [3.05, 3.63) is 34.4 Å². The average Bonchev–Trinajstić information content (AvgIpc) is 3.41. The number of carbonyl (C=O) groups excluding carboxylic acids is 1. The summed E-state index contributed by atoms with van der Waals surface area (Å²) in [7, 11) is 0. The van der Waals surface area contributed by atoms with E-state index in [2.05, 4.69) is 26.0 Å². The molecule has 29 heavy (non-hydrogen) atoms. The molecule has 4 nitrogen and oxygen atoms in total. The summed E-state index contributed by atoms with van der Waals surface area (Å²) in [6.45, 7) is 8.61. The normalized spacial score (nSPS) is 15.2. The lowest BCUT2D eigenvalue weighted by atomic mass is 9.86. The first-order valence-electron chi connectivity index (χ1n) is 11.1. The van der Waals surface area contributed by atoms with E-state index < -0.39 is 11.4 Å². The van der Waals surface area contributed by atoms with E-state index >= 15 is 0 Å². The van der Waals surface area contributed by atoms with Crippen molar-refractivity contribution in [3.63, 3.8) is 0 Å². The highest BCUT2D eigenvalue weighted by molar-refractivity contribution is 5.73. The highest BCUT2D eigenvalue weighted by Crippen LogP contribution is 2.43. The average molecular weight is 403 g/mol. The van der Waals surface area contributed by atoms with Gasteiger partial charge in [-0.3, -0.25) is 9.59 Å². The summed E-state index contributed by atoms with van der Waals surface area (Å²) in [5.41, 5.74) is 4.82. The molecule has 1 aromatic rings. The van der Waals surface area contributed by atoms with E-state index in [-0.39, 0.29) is 5.60 Å². The number of unbranched alkanes of at least 4 members (excludes halogenated alkanes) is 3. The predicted octanol–water partition coefficient (Wildman–Crippen LogP) is 5.94. The fraction of sp³-hybridized carbons (Fsp3) is 0.680. The first kappa shape index (κ1) is 23.4. The molecule has 0 radical (unpaired) electrons. The van der Waals surface area contributed by atoms with Gasteiger partial charge in [0.15, 0.2) is 0 Å². The molecule has 1 aromatic carbocycles. The lowest BCUT2D eigenvalue weighted by Crippen LogP contribution is -2.23. The minimum atomic E-state index is -0.705. The van der Waals surface area contributed by atoms with Gasteiger partial charge >= 0.3 is 5.97 Å².